The van der Waals surface area contributed by atoms with Crippen LogP contribution in [0.4, 0.5) is 5.95 Å². The molecule has 0 atom stereocenters. The van der Waals surface area contributed by atoms with Crippen LogP contribution in [0.3, 0.4) is 0 Å². The summed E-state index contributed by atoms with van der Waals surface area (Å²) >= 11 is 0. The Morgan fingerprint density at radius 3 is 2.56 bits per heavy atom. The van der Waals surface area contributed by atoms with Gasteiger partial charge < -0.3 is 10.5 Å². The number of hydrogen-bond donors (Lipinski definition) is 1. The van der Waals surface area contributed by atoms with Crippen LogP contribution in [0.15, 0.2) is 30.3 Å². The van der Waals surface area contributed by atoms with E-state index in [-0.39, 0.29) is 5.95 Å². The molecule has 0 aliphatic rings. The van der Waals surface area contributed by atoms with E-state index in [1.54, 1.807) is 7.11 Å². The number of methoxy groups -OCH3 is 1. The van der Waals surface area contributed by atoms with Gasteiger partial charge in [-0.2, -0.15) is 9.97 Å². The lowest BCUT2D eigenvalue weighted by atomic mass is 10.2. The fourth-order valence-corrected chi connectivity index (χ4v) is 1.35. The van der Waals surface area contributed by atoms with Crippen molar-refractivity contribution in [3.8, 4) is 11.4 Å². The van der Waals surface area contributed by atoms with Crippen molar-refractivity contribution < 1.29 is 4.74 Å². The minimum Gasteiger partial charge on any atom is -0.377 e. The van der Waals surface area contributed by atoms with Crippen molar-refractivity contribution in [2.24, 2.45) is 0 Å². The summed E-state index contributed by atoms with van der Waals surface area (Å²) in [7, 11) is 1.59. The highest BCUT2D eigenvalue weighted by Gasteiger charge is 2.05. The maximum Gasteiger partial charge on any atom is 0.223 e. The molecule has 0 unspecified atom stereocenters. The molecule has 16 heavy (non-hydrogen) atoms. The zero-order chi connectivity index (χ0) is 11.4. The van der Waals surface area contributed by atoms with Gasteiger partial charge in [0.1, 0.15) is 6.61 Å². The third-order valence-electron chi connectivity index (χ3n) is 2.00. The summed E-state index contributed by atoms with van der Waals surface area (Å²) in [6, 6.07) is 9.62. The first kappa shape index (κ1) is 10.5. The van der Waals surface area contributed by atoms with Crippen LogP contribution in [0.25, 0.3) is 11.4 Å². The number of nitrogens with zero attached hydrogens (tertiary/aromatic N) is 3. The highest BCUT2D eigenvalue weighted by Crippen LogP contribution is 2.14. The minimum atomic E-state index is 0.209. The molecule has 2 aromatic rings. The number of ether oxygens (including phenoxy) is 1. The lowest BCUT2D eigenvalue weighted by molar-refractivity contribution is 0.178. The number of hydrogen-bond acceptors (Lipinski definition) is 5. The number of benzene rings is 1. The van der Waals surface area contributed by atoms with Gasteiger partial charge in [-0.25, -0.2) is 4.98 Å². The number of anilines is 1. The zero-order valence-electron chi connectivity index (χ0n) is 8.92. The van der Waals surface area contributed by atoms with Gasteiger partial charge in [0.25, 0.3) is 0 Å². The Labute approximate surface area is 93.3 Å². The van der Waals surface area contributed by atoms with Gasteiger partial charge in [-0.15, -0.1) is 0 Å². The monoisotopic (exact) mass is 216 g/mol. The molecule has 5 nitrogen and oxygen atoms in total. The molecule has 0 saturated carbocycles. The van der Waals surface area contributed by atoms with Crippen molar-refractivity contribution in [3.05, 3.63) is 36.2 Å². The molecule has 5 heteroatoms. The first-order valence-electron chi connectivity index (χ1n) is 4.84. The van der Waals surface area contributed by atoms with Gasteiger partial charge in [-0.05, 0) is 0 Å². The molecule has 1 heterocycles. The summed E-state index contributed by atoms with van der Waals surface area (Å²) in [5, 5.41) is 0. The van der Waals surface area contributed by atoms with E-state index in [0.29, 0.717) is 18.3 Å². The van der Waals surface area contributed by atoms with Crippen LogP contribution in [0.5, 0.6) is 0 Å². The van der Waals surface area contributed by atoms with Gasteiger partial charge in [-0.1, -0.05) is 30.3 Å². The highest BCUT2D eigenvalue weighted by molar-refractivity contribution is 5.55. The van der Waals surface area contributed by atoms with E-state index in [4.69, 9.17) is 10.5 Å². The van der Waals surface area contributed by atoms with E-state index in [1.165, 1.54) is 0 Å². The quantitative estimate of drug-likeness (QED) is 0.836. The molecule has 1 aromatic carbocycles. The Bertz CT molecular complexity index is 473. The third kappa shape index (κ3) is 2.32. The Morgan fingerprint density at radius 2 is 1.88 bits per heavy atom. The molecule has 2 N–H and O–H groups in total. The average molecular weight is 216 g/mol. The van der Waals surface area contributed by atoms with Crippen LogP contribution in [-0.4, -0.2) is 22.1 Å². The van der Waals surface area contributed by atoms with Gasteiger partial charge >= 0.3 is 0 Å². The molecule has 0 aliphatic carbocycles. The van der Waals surface area contributed by atoms with Crippen molar-refractivity contribution in [2.75, 3.05) is 12.8 Å². The lowest BCUT2D eigenvalue weighted by Gasteiger charge is -2.03. The van der Waals surface area contributed by atoms with E-state index in [9.17, 15) is 0 Å². The number of aromatic nitrogens is 3. The lowest BCUT2D eigenvalue weighted by Crippen LogP contribution is -2.05. The van der Waals surface area contributed by atoms with E-state index in [2.05, 4.69) is 15.0 Å². The van der Waals surface area contributed by atoms with E-state index >= 15 is 0 Å². The molecule has 0 amide bonds. The summed E-state index contributed by atoms with van der Waals surface area (Å²) in [5.41, 5.74) is 6.52. The summed E-state index contributed by atoms with van der Waals surface area (Å²) in [5.74, 6) is 1.31. The minimum absolute atomic E-state index is 0.209. The fraction of sp³-hybridized carbons (Fsp3) is 0.182. The predicted molar refractivity (Wildman–Crippen MR) is 60.4 cm³/mol. The van der Waals surface area contributed by atoms with Gasteiger partial charge in [0.2, 0.25) is 5.95 Å². The molecular weight excluding hydrogens is 204 g/mol. The summed E-state index contributed by atoms with van der Waals surface area (Å²) < 4.78 is 4.97. The number of nitrogen functional groups attached to an aromatic ring is 1. The predicted octanol–water partition coefficient (Wildman–Crippen LogP) is 1.27. The molecule has 82 valence electrons. The van der Waals surface area contributed by atoms with E-state index in [0.717, 1.165) is 5.56 Å². The Hall–Kier alpha value is -2.01. The first-order chi connectivity index (χ1) is 7.79. The van der Waals surface area contributed by atoms with Crippen LogP contribution in [-0.2, 0) is 11.3 Å². The third-order valence-corrected chi connectivity index (χ3v) is 2.00. The standard InChI is InChI=1S/C11H12N4O/c1-16-7-9-13-10(15-11(12)14-9)8-5-3-2-4-6-8/h2-6H,7H2,1H3,(H2,12,13,14,15). The Morgan fingerprint density at radius 1 is 1.12 bits per heavy atom. The van der Waals surface area contributed by atoms with Crippen LogP contribution in [0, 0.1) is 0 Å². The number of nitrogens with two attached hydrogens (primary N) is 1. The van der Waals surface area contributed by atoms with Gasteiger partial charge in [0, 0.05) is 12.7 Å². The van der Waals surface area contributed by atoms with E-state index in [1.807, 2.05) is 30.3 Å². The summed E-state index contributed by atoms with van der Waals surface area (Å²) in [6.45, 7) is 0.326. The topological polar surface area (TPSA) is 73.9 Å². The SMILES string of the molecule is COCc1nc(N)nc(-c2ccccc2)n1. The van der Waals surface area contributed by atoms with Crippen LogP contribution in [0.2, 0.25) is 0 Å². The van der Waals surface area contributed by atoms with E-state index < -0.39 is 0 Å². The first-order valence-corrected chi connectivity index (χ1v) is 4.84. The normalized spacial score (nSPS) is 10.3. The molecule has 0 fully saturated rings. The molecule has 0 aliphatic heterocycles. The van der Waals surface area contributed by atoms with Gasteiger partial charge in [-0.3, -0.25) is 0 Å². The second-order valence-corrected chi connectivity index (χ2v) is 3.23. The molecule has 0 saturated heterocycles. The molecular formula is C11H12N4O. The maximum atomic E-state index is 5.61. The average Bonchev–Trinajstić information content (AvgIpc) is 2.30. The van der Waals surface area contributed by atoms with Crippen LogP contribution < -0.4 is 5.73 Å². The summed E-state index contributed by atoms with van der Waals surface area (Å²) in [6.07, 6.45) is 0. The van der Waals surface area contributed by atoms with Crippen molar-refractivity contribution in [1.82, 2.24) is 15.0 Å². The fourth-order valence-electron chi connectivity index (χ4n) is 1.35. The second-order valence-electron chi connectivity index (χ2n) is 3.23. The van der Waals surface area contributed by atoms with Crippen LogP contribution >= 0.6 is 0 Å². The Kier molecular flexibility index (Phi) is 3.07. The second kappa shape index (κ2) is 4.67. The van der Waals surface area contributed by atoms with Crippen molar-refractivity contribution in [3.63, 3.8) is 0 Å². The molecule has 2 rings (SSSR count). The van der Waals surface area contributed by atoms with Crippen molar-refractivity contribution in [1.29, 1.82) is 0 Å². The van der Waals surface area contributed by atoms with Gasteiger partial charge in [0.05, 0.1) is 0 Å². The van der Waals surface area contributed by atoms with Crippen molar-refractivity contribution in [2.45, 2.75) is 6.61 Å². The molecule has 0 radical (unpaired) electrons. The Balaban J connectivity index is 2.41. The number of rotatable bonds is 3. The molecule has 0 bridgehead atoms. The van der Waals surface area contributed by atoms with Gasteiger partial charge in [0.15, 0.2) is 11.6 Å². The smallest absolute Gasteiger partial charge is 0.223 e. The largest absolute Gasteiger partial charge is 0.377 e. The van der Waals surface area contributed by atoms with Crippen LogP contribution in [0.1, 0.15) is 5.82 Å². The highest BCUT2D eigenvalue weighted by atomic mass is 16.5. The van der Waals surface area contributed by atoms with Crippen molar-refractivity contribution >= 4 is 5.95 Å². The zero-order valence-corrected chi connectivity index (χ0v) is 8.92. The summed E-state index contributed by atoms with van der Waals surface area (Å²) in [4.78, 5) is 12.3. The maximum absolute atomic E-state index is 5.61. The molecule has 1 aromatic heterocycles. The molecule has 0 spiro atoms.